The highest BCUT2D eigenvalue weighted by Gasteiger charge is 2.48. The zero-order valence-corrected chi connectivity index (χ0v) is 20.2. The van der Waals surface area contributed by atoms with Crippen LogP contribution in [0, 0.1) is 5.82 Å². The molecular weight excluding hydrogens is 469 g/mol. The molecule has 11 heteroatoms. The van der Waals surface area contributed by atoms with Crippen LogP contribution in [0.5, 0.6) is 6.01 Å². The first kappa shape index (κ1) is 23.6. The first-order valence-electron chi connectivity index (χ1n) is 11.6. The summed E-state index contributed by atoms with van der Waals surface area (Å²) in [5.41, 5.74) is -0.319. The highest BCUT2D eigenvalue weighted by atomic mass is 35.5. The van der Waals surface area contributed by atoms with E-state index >= 15 is 0 Å². The molecule has 3 saturated heterocycles. The van der Waals surface area contributed by atoms with Crippen molar-refractivity contribution in [2.45, 2.75) is 50.2 Å². The SMILES string of the molecule is C[C@@H]1[C@H](N(C)c2nc(OCC34CCCN3CC(=C(F)F)C4)nc3c(F)c(Cl)ncc23)CCN1C. The van der Waals surface area contributed by atoms with Crippen molar-refractivity contribution in [3.05, 3.63) is 28.8 Å². The minimum absolute atomic E-state index is 0.00824. The number of hydrogen-bond donors (Lipinski definition) is 0. The summed E-state index contributed by atoms with van der Waals surface area (Å²) in [4.78, 5) is 19.3. The zero-order chi connectivity index (χ0) is 24.2. The van der Waals surface area contributed by atoms with Gasteiger partial charge < -0.3 is 14.5 Å². The van der Waals surface area contributed by atoms with Gasteiger partial charge in [0.05, 0.1) is 10.9 Å². The molecule has 0 amide bonds. The maximum absolute atomic E-state index is 15.0. The van der Waals surface area contributed by atoms with Crippen molar-refractivity contribution in [3.63, 3.8) is 0 Å². The number of halogens is 4. The summed E-state index contributed by atoms with van der Waals surface area (Å²) in [5.74, 6) is -0.221. The fourth-order valence-corrected chi connectivity index (χ4v) is 5.88. The maximum Gasteiger partial charge on any atom is 0.319 e. The molecule has 2 aromatic rings. The molecule has 0 aliphatic carbocycles. The molecule has 5 rings (SSSR count). The van der Waals surface area contributed by atoms with Crippen LogP contribution in [0.2, 0.25) is 5.15 Å². The molecule has 184 valence electrons. The molecule has 0 bridgehead atoms. The molecule has 5 heterocycles. The maximum atomic E-state index is 15.0. The number of nitrogens with zero attached hydrogens (tertiary/aromatic N) is 6. The Kier molecular flexibility index (Phi) is 6.10. The van der Waals surface area contributed by atoms with Crippen LogP contribution in [0.15, 0.2) is 17.9 Å². The lowest BCUT2D eigenvalue weighted by Gasteiger charge is -2.32. The van der Waals surface area contributed by atoms with Gasteiger partial charge in [-0.3, -0.25) is 4.90 Å². The zero-order valence-electron chi connectivity index (χ0n) is 19.5. The summed E-state index contributed by atoms with van der Waals surface area (Å²) in [5, 5.41) is 0.175. The molecule has 3 atom stereocenters. The van der Waals surface area contributed by atoms with Crippen LogP contribution in [0.1, 0.15) is 32.6 Å². The van der Waals surface area contributed by atoms with Gasteiger partial charge >= 0.3 is 6.01 Å². The first-order chi connectivity index (χ1) is 16.2. The predicted molar refractivity (Wildman–Crippen MR) is 124 cm³/mol. The summed E-state index contributed by atoms with van der Waals surface area (Å²) in [7, 11) is 4.00. The quantitative estimate of drug-likeness (QED) is 0.577. The van der Waals surface area contributed by atoms with Crippen LogP contribution in [0.25, 0.3) is 10.9 Å². The molecule has 1 unspecified atom stereocenters. The van der Waals surface area contributed by atoms with Gasteiger partial charge in [-0.05, 0) is 46.2 Å². The topological polar surface area (TPSA) is 57.6 Å². The molecule has 0 N–H and O–H groups in total. The lowest BCUT2D eigenvalue weighted by molar-refractivity contribution is 0.108. The van der Waals surface area contributed by atoms with E-state index in [1.807, 2.05) is 16.8 Å². The summed E-state index contributed by atoms with van der Waals surface area (Å²) >= 11 is 5.95. The van der Waals surface area contributed by atoms with Gasteiger partial charge in [-0.15, -0.1) is 0 Å². The Labute approximate surface area is 201 Å². The Morgan fingerprint density at radius 2 is 2.12 bits per heavy atom. The summed E-state index contributed by atoms with van der Waals surface area (Å²) < 4.78 is 47.6. The second-order valence-electron chi connectivity index (χ2n) is 9.72. The molecule has 2 aromatic heterocycles. The monoisotopic (exact) mass is 496 g/mol. The van der Waals surface area contributed by atoms with E-state index in [1.54, 1.807) is 0 Å². The molecule has 0 radical (unpaired) electrons. The van der Waals surface area contributed by atoms with Crippen LogP contribution in [0.4, 0.5) is 19.0 Å². The van der Waals surface area contributed by atoms with Gasteiger partial charge in [0.15, 0.2) is 11.0 Å². The van der Waals surface area contributed by atoms with Crippen molar-refractivity contribution in [1.82, 2.24) is 24.8 Å². The van der Waals surface area contributed by atoms with Crippen molar-refractivity contribution in [2.75, 3.05) is 45.2 Å². The largest absolute Gasteiger partial charge is 0.461 e. The van der Waals surface area contributed by atoms with Gasteiger partial charge in [0.2, 0.25) is 0 Å². The number of anilines is 1. The number of rotatable bonds is 5. The van der Waals surface area contributed by atoms with Gasteiger partial charge in [0.1, 0.15) is 17.9 Å². The lowest BCUT2D eigenvalue weighted by atomic mass is 9.94. The molecule has 0 saturated carbocycles. The molecule has 0 spiro atoms. The standard InChI is InChI=1S/C23H28ClF3N6O/c1-13-16(5-8-31(13)2)32(3)21-15-10-28-19(24)17(25)18(15)29-22(30-21)34-12-23-6-4-7-33(23)11-14(9-23)20(26)27/h10,13,16H,4-9,11-12H2,1-3H3/t13-,16-,23?/m1/s1. The number of hydrogen-bond acceptors (Lipinski definition) is 7. The highest BCUT2D eigenvalue weighted by molar-refractivity contribution is 6.30. The number of pyridine rings is 1. The molecule has 3 aliphatic rings. The number of likely N-dealkylation sites (N-methyl/N-ethyl adjacent to an activating group) is 2. The minimum atomic E-state index is -1.61. The Hall–Kier alpha value is -2.17. The van der Waals surface area contributed by atoms with Gasteiger partial charge in [0.25, 0.3) is 6.08 Å². The van der Waals surface area contributed by atoms with Gasteiger partial charge in [0, 0.05) is 44.0 Å². The van der Waals surface area contributed by atoms with Crippen LogP contribution in [-0.4, -0.2) is 82.7 Å². The molecule has 7 nitrogen and oxygen atoms in total. The van der Waals surface area contributed by atoms with E-state index in [2.05, 4.69) is 33.8 Å². The number of likely N-dealkylation sites (tertiary alicyclic amines) is 1. The third kappa shape index (κ3) is 3.89. The molecule has 34 heavy (non-hydrogen) atoms. The highest BCUT2D eigenvalue weighted by Crippen LogP contribution is 2.43. The molecular formula is C23H28ClF3N6O. The van der Waals surface area contributed by atoms with Gasteiger partial charge in [-0.1, -0.05) is 11.6 Å². The van der Waals surface area contributed by atoms with E-state index in [0.29, 0.717) is 11.2 Å². The Morgan fingerprint density at radius 3 is 2.82 bits per heavy atom. The normalized spacial score (nSPS) is 27.6. The molecule has 3 fully saturated rings. The van der Waals surface area contributed by atoms with Crippen molar-refractivity contribution in [2.24, 2.45) is 0 Å². The Balaban J connectivity index is 1.49. The predicted octanol–water partition coefficient (Wildman–Crippen LogP) is 4.11. The molecule has 3 aliphatic heterocycles. The van der Waals surface area contributed by atoms with Gasteiger partial charge in [-0.2, -0.15) is 18.7 Å². The summed E-state index contributed by atoms with van der Waals surface area (Å²) in [6.45, 7) is 4.24. The fourth-order valence-electron chi connectivity index (χ4n) is 5.75. The average Bonchev–Trinajstić information content (AvgIpc) is 3.47. The third-order valence-electron chi connectivity index (χ3n) is 7.86. The van der Waals surface area contributed by atoms with Crippen molar-refractivity contribution < 1.29 is 17.9 Å². The lowest BCUT2D eigenvalue weighted by Crippen LogP contribution is -2.43. The fraction of sp³-hybridized carbons (Fsp3) is 0.609. The van der Waals surface area contributed by atoms with Gasteiger partial charge in [-0.25, -0.2) is 9.37 Å². The number of ether oxygens (including phenoxy) is 1. The van der Waals surface area contributed by atoms with E-state index in [1.165, 1.54) is 6.20 Å². The number of fused-ring (bicyclic) bond motifs is 2. The van der Waals surface area contributed by atoms with Crippen LogP contribution in [-0.2, 0) is 0 Å². The van der Waals surface area contributed by atoms with E-state index < -0.39 is 17.4 Å². The van der Waals surface area contributed by atoms with Crippen LogP contribution < -0.4 is 9.64 Å². The number of aromatic nitrogens is 3. The van der Waals surface area contributed by atoms with Crippen molar-refractivity contribution in [1.29, 1.82) is 0 Å². The van der Waals surface area contributed by atoms with E-state index in [-0.39, 0.29) is 53.9 Å². The molecule has 0 aromatic carbocycles. The first-order valence-corrected chi connectivity index (χ1v) is 11.9. The van der Waals surface area contributed by atoms with Crippen molar-refractivity contribution in [3.8, 4) is 6.01 Å². The minimum Gasteiger partial charge on any atom is -0.461 e. The Bertz CT molecular complexity index is 1150. The Morgan fingerprint density at radius 1 is 1.32 bits per heavy atom. The van der Waals surface area contributed by atoms with E-state index in [0.717, 1.165) is 32.4 Å². The average molecular weight is 497 g/mol. The van der Waals surface area contributed by atoms with E-state index in [4.69, 9.17) is 16.3 Å². The van der Waals surface area contributed by atoms with Crippen LogP contribution in [0.3, 0.4) is 0 Å². The second-order valence-corrected chi connectivity index (χ2v) is 10.1. The summed E-state index contributed by atoms with van der Waals surface area (Å²) in [6, 6.07) is 0.442. The summed E-state index contributed by atoms with van der Waals surface area (Å²) in [6.07, 6.45) is 2.72. The van der Waals surface area contributed by atoms with E-state index in [9.17, 15) is 13.2 Å². The second kappa shape index (κ2) is 8.80. The third-order valence-corrected chi connectivity index (χ3v) is 8.13. The van der Waals surface area contributed by atoms with Crippen LogP contribution >= 0.6 is 11.6 Å². The smallest absolute Gasteiger partial charge is 0.319 e. The van der Waals surface area contributed by atoms with Crippen molar-refractivity contribution >= 4 is 28.3 Å².